The summed E-state index contributed by atoms with van der Waals surface area (Å²) in [5.41, 5.74) is 7.32. The number of nitrogens with zero attached hydrogens (tertiary/aromatic N) is 3. The summed E-state index contributed by atoms with van der Waals surface area (Å²) < 4.78 is 5.53. The van der Waals surface area contributed by atoms with E-state index in [9.17, 15) is 4.79 Å². The van der Waals surface area contributed by atoms with Crippen LogP contribution in [-0.4, -0.2) is 27.7 Å². The highest BCUT2D eigenvalue weighted by Crippen LogP contribution is 2.26. The van der Waals surface area contributed by atoms with E-state index in [4.69, 9.17) is 10.5 Å². The number of hydrogen-bond donors (Lipinski definition) is 2. The fourth-order valence-corrected chi connectivity index (χ4v) is 3.18. The number of carbonyl (C=O) groups is 1. The largest absolute Gasteiger partial charge is 0.484 e. The number of aryl methyl sites for hydroxylation is 1. The highest BCUT2D eigenvalue weighted by Gasteiger charge is 2.09. The van der Waals surface area contributed by atoms with Crippen molar-refractivity contribution in [3.05, 3.63) is 34.7 Å². The third-order valence-electron chi connectivity index (χ3n) is 3.04. The summed E-state index contributed by atoms with van der Waals surface area (Å²) in [5, 5.41) is 14.3. The van der Waals surface area contributed by atoms with Gasteiger partial charge in [-0.3, -0.25) is 10.1 Å². The highest BCUT2D eigenvalue weighted by atomic mass is 32.1. The minimum atomic E-state index is -0.280. The van der Waals surface area contributed by atoms with Crippen molar-refractivity contribution in [1.82, 2.24) is 15.2 Å². The number of amides is 1. The number of anilines is 2. The molecule has 9 heteroatoms. The lowest BCUT2D eigenvalue weighted by atomic mass is 10.2. The van der Waals surface area contributed by atoms with Gasteiger partial charge in [-0.2, -0.15) is 0 Å². The van der Waals surface area contributed by atoms with E-state index in [0.29, 0.717) is 16.0 Å². The van der Waals surface area contributed by atoms with Gasteiger partial charge in [-0.15, -0.1) is 21.5 Å². The van der Waals surface area contributed by atoms with E-state index in [-0.39, 0.29) is 12.5 Å². The van der Waals surface area contributed by atoms with Gasteiger partial charge in [0.1, 0.15) is 10.8 Å². The van der Waals surface area contributed by atoms with Crippen LogP contribution in [0.4, 0.5) is 10.3 Å². The molecule has 0 atom stereocenters. The van der Waals surface area contributed by atoms with Gasteiger partial charge in [0.05, 0.1) is 5.69 Å². The number of carbonyl (C=O) groups excluding carboxylic acids is 1. The van der Waals surface area contributed by atoms with E-state index in [1.54, 1.807) is 6.07 Å². The number of nitrogens with two attached hydrogens (primary N) is 1. The Morgan fingerprint density at radius 1 is 1.38 bits per heavy atom. The SMILES string of the molecule is CCc1nnc(NC(=O)COc2cccc(-c3csc(N)n3)c2)s1. The van der Waals surface area contributed by atoms with Crippen molar-refractivity contribution in [2.45, 2.75) is 13.3 Å². The molecule has 0 aliphatic heterocycles. The van der Waals surface area contributed by atoms with Gasteiger partial charge >= 0.3 is 0 Å². The van der Waals surface area contributed by atoms with Crippen LogP contribution in [0.15, 0.2) is 29.6 Å². The zero-order valence-corrected chi connectivity index (χ0v) is 14.5. The minimum absolute atomic E-state index is 0.107. The molecule has 3 rings (SSSR count). The van der Waals surface area contributed by atoms with Gasteiger partial charge in [-0.25, -0.2) is 4.98 Å². The summed E-state index contributed by atoms with van der Waals surface area (Å²) >= 11 is 2.73. The Balaban J connectivity index is 1.59. The van der Waals surface area contributed by atoms with Crippen LogP contribution in [0.1, 0.15) is 11.9 Å². The molecule has 1 amide bonds. The van der Waals surface area contributed by atoms with Crippen LogP contribution >= 0.6 is 22.7 Å². The third kappa shape index (κ3) is 4.06. The standard InChI is InChI=1S/C15H15N5O2S2/c1-2-13-19-20-15(24-13)18-12(21)7-22-10-5-3-4-9(6-10)11-8-23-14(16)17-11/h3-6,8H,2,7H2,1H3,(H2,16,17)(H,18,20,21). The molecule has 0 unspecified atom stereocenters. The summed E-state index contributed by atoms with van der Waals surface area (Å²) in [5.74, 6) is 0.304. The van der Waals surface area contributed by atoms with E-state index in [2.05, 4.69) is 20.5 Å². The normalized spacial score (nSPS) is 10.5. The molecule has 3 N–H and O–H groups in total. The van der Waals surface area contributed by atoms with Crippen molar-refractivity contribution < 1.29 is 9.53 Å². The number of aromatic nitrogens is 3. The third-order valence-corrected chi connectivity index (χ3v) is 4.69. The predicted octanol–water partition coefficient (Wildman–Crippen LogP) is 2.82. The molecule has 0 fully saturated rings. The van der Waals surface area contributed by atoms with Gasteiger partial charge in [0.15, 0.2) is 11.7 Å². The Hall–Kier alpha value is -2.52. The van der Waals surface area contributed by atoms with Gasteiger partial charge in [0.25, 0.3) is 5.91 Å². The Kier molecular flexibility index (Phi) is 5.02. The quantitative estimate of drug-likeness (QED) is 0.700. The molecule has 0 saturated heterocycles. The number of nitrogens with one attached hydrogen (secondary N) is 1. The second-order valence-electron chi connectivity index (χ2n) is 4.79. The average Bonchev–Trinajstić information content (AvgIpc) is 3.22. The highest BCUT2D eigenvalue weighted by molar-refractivity contribution is 7.15. The average molecular weight is 361 g/mol. The second kappa shape index (κ2) is 7.37. The number of hydrogen-bond acceptors (Lipinski definition) is 8. The smallest absolute Gasteiger partial charge is 0.264 e. The zero-order chi connectivity index (χ0) is 16.9. The number of rotatable bonds is 6. The Labute approximate surface area is 146 Å². The van der Waals surface area contributed by atoms with E-state index in [1.165, 1.54) is 22.7 Å². The Bertz CT molecular complexity index is 846. The molecular formula is C15H15N5O2S2. The summed E-state index contributed by atoms with van der Waals surface area (Å²) in [7, 11) is 0. The van der Waals surface area contributed by atoms with E-state index in [1.807, 2.05) is 30.5 Å². The number of benzene rings is 1. The van der Waals surface area contributed by atoms with Gasteiger partial charge in [0, 0.05) is 10.9 Å². The summed E-state index contributed by atoms with van der Waals surface area (Å²) in [6.45, 7) is 1.88. The fourth-order valence-electron chi connectivity index (χ4n) is 1.92. The molecule has 2 aromatic heterocycles. The van der Waals surface area contributed by atoms with Crippen molar-refractivity contribution in [1.29, 1.82) is 0 Å². The van der Waals surface area contributed by atoms with E-state index >= 15 is 0 Å². The monoisotopic (exact) mass is 361 g/mol. The maximum absolute atomic E-state index is 11.9. The maximum Gasteiger partial charge on any atom is 0.264 e. The lowest BCUT2D eigenvalue weighted by molar-refractivity contribution is -0.118. The van der Waals surface area contributed by atoms with Crippen LogP contribution in [0.3, 0.4) is 0 Å². The van der Waals surface area contributed by atoms with Crippen molar-refractivity contribution in [2.75, 3.05) is 17.7 Å². The van der Waals surface area contributed by atoms with Crippen LogP contribution in [0.25, 0.3) is 11.3 Å². The van der Waals surface area contributed by atoms with Crippen molar-refractivity contribution in [3.63, 3.8) is 0 Å². The molecular weight excluding hydrogens is 346 g/mol. The van der Waals surface area contributed by atoms with Crippen LogP contribution in [0.5, 0.6) is 5.75 Å². The lowest BCUT2D eigenvalue weighted by Crippen LogP contribution is -2.20. The molecule has 3 aromatic rings. The number of ether oxygens (including phenoxy) is 1. The number of thiazole rings is 1. The molecule has 0 aliphatic carbocycles. The molecule has 7 nitrogen and oxygen atoms in total. The van der Waals surface area contributed by atoms with Crippen molar-refractivity contribution >= 4 is 38.8 Å². The van der Waals surface area contributed by atoms with Crippen molar-refractivity contribution in [3.8, 4) is 17.0 Å². The summed E-state index contributed by atoms with van der Waals surface area (Å²) in [6, 6.07) is 7.36. The van der Waals surface area contributed by atoms with Gasteiger partial charge in [0.2, 0.25) is 5.13 Å². The summed E-state index contributed by atoms with van der Waals surface area (Å²) in [4.78, 5) is 16.1. The van der Waals surface area contributed by atoms with Crippen LogP contribution in [-0.2, 0) is 11.2 Å². The fraction of sp³-hybridized carbons (Fsp3) is 0.200. The molecule has 0 bridgehead atoms. The Morgan fingerprint density at radius 3 is 2.96 bits per heavy atom. The van der Waals surface area contributed by atoms with Crippen LogP contribution in [0.2, 0.25) is 0 Å². The Morgan fingerprint density at radius 2 is 2.25 bits per heavy atom. The first-order valence-corrected chi connectivity index (χ1v) is 8.90. The maximum atomic E-state index is 11.9. The molecule has 0 radical (unpaired) electrons. The molecule has 0 aliphatic rings. The zero-order valence-electron chi connectivity index (χ0n) is 12.9. The molecule has 24 heavy (non-hydrogen) atoms. The van der Waals surface area contributed by atoms with Crippen LogP contribution < -0.4 is 15.8 Å². The first kappa shape index (κ1) is 16.3. The molecule has 1 aromatic carbocycles. The van der Waals surface area contributed by atoms with Gasteiger partial charge < -0.3 is 10.5 Å². The minimum Gasteiger partial charge on any atom is -0.484 e. The van der Waals surface area contributed by atoms with Crippen LogP contribution in [0, 0.1) is 0 Å². The van der Waals surface area contributed by atoms with Crippen molar-refractivity contribution in [2.24, 2.45) is 0 Å². The first-order valence-electron chi connectivity index (χ1n) is 7.20. The van der Waals surface area contributed by atoms with Gasteiger partial charge in [-0.05, 0) is 18.6 Å². The van der Waals surface area contributed by atoms with E-state index < -0.39 is 0 Å². The van der Waals surface area contributed by atoms with E-state index in [0.717, 1.165) is 22.7 Å². The molecule has 0 saturated carbocycles. The topological polar surface area (TPSA) is 103 Å². The molecule has 2 heterocycles. The first-order chi connectivity index (χ1) is 11.6. The summed E-state index contributed by atoms with van der Waals surface area (Å²) in [6.07, 6.45) is 0.790. The predicted molar refractivity (Wildman–Crippen MR) is 95.4 cm³/mol. The molecule has 0 spiro atoms. The number of nitrogen functional groups attached to an aromatic ring is 1. The molecule has 124 valence electrons. The lowest BCUT2D eigenvalue weighted by Gasteiger charge is -2.06. The van der Waals surface area contributed by atoms with Gasteiger partial charge in [-0.1, -0.05) is 30.4 Å². The second-order valence-corrected chi connectivity index (χ2v) is 6.74.